The number of aliphatic carboxylic acids is 1. The van der Waals surface area contributed by atoms with Gasteiger partial charge in [0.15, 0.2) is 0 Å². The summed E-state index contributed by atoms with van der Waals surface area (Å²) in [6.07, 6.45) is -0.160. The van der Waals surface area contributed by atoms with Crippen LogP contribution in [-0.4, -0.2) is 41.1 Å². The summed E-state index contributed by atoms with van der Waals surface area (Å²) >= 11 is 0. The lowest BCUT2D eigenvalue weighted by molar-refractivity contribution is -0.137. The van der Waals surface area contributed by atoms with E-state index in [-0.39, 0.29) is 18.5 Å². The minimum absolute atomic E-state index is 0.0556. The number of urea groups is 1. The van der Waals surface area contributed by atoms with E-state index in [1.54, 1.807) is 21.9 Å². The van der Waals surface area contributed by atoms with Crippen LogP contribution in [0.4, 0.5) is 10.5 Å². The Kier molecular flexibility index (Phi) is 4.47. The molecule has 3 N–H and O–H groups in total. The van der Waals surface area contributed by atoms with E-state index < -0.39 is 12.0 Å². The first kappa shape index (κ1) is 15.3. The fourth-order valence-corrected chi connectivity index (χ4v) is 2.60. The number of hydrogen-bond acceptors (Lipinski definition) is 3. The zero-order valence-corrected chi connectivity index (χ0v) is 12.3. The number of amides is 2. The predicted octanol–water partition coefficient (Wildman–Crippen LogP) is 1.81. The van der Waals surface area contributed by atoms with Crippen LogP contribution in [0, 0.1) is 0 Å². The van der Waals surface area contributed by atoms with Gasteiger partial charge in [0.2, 0.25) is 0 Å². The van der Waals surface area contributed by atoms with Crippen molar-refractivity contribution in [1.82, 2.24) is 4.90 Å². The Morgan fingerprint density at radius 2 is 2.00 bits per heavy atom. The Morgan fingerprint density at radius 3 is 2.57 bits per heavy atom. The number of hydrogen-bond donors (Lipinski definition) is 2. The predicted molar refractivity (Wildman–Crippen MR) is 80.2 cm³/mol. The zero-order valence-electron chi connectivity index (χ0n) is 12.3. The highest BCUT2D eigenvalue weighted by atomic mass is 16.4. The van der Waals surface area contributed by atoms with Gasteiger partial charge in [0.1, 0.15) is 0 Å². The largest absolute Gasteiger partial charge is 0.481 e. The molecule has 1 aromatic rings. The number of benzene rings is 1. The molecular formula is C15H21N3O3. The molecular weight excluding hydrogens is 270 g/mol. The zero-order chi connectivity index (χ0) is 15.6. The fraction of sp³-hybridized carbons (Fsp3) is 0.467. The molecule has 21 heavy (non-hydrogen) atoms. The van der Waals surface area contributed by atoms with Crippen molar-refractivity contribution in [2.75, 3.05) is 18.0 Å². The van der Waals surface area contributed by atoms with Crippen LogP contribution in [0.3, 0.4) is 0 Å². The number of carboxylic acid groups (broad SMARTS) is 1. The van der Waals surface area contributed by atoms with Crippen molar-refractivity contribution in [3.63, 3.8) is 0 Å². The van der Waals surface area contributed by atoms with E-state index in [1.807, 2.05) is 26.0 Å². The average molecular weight is 291 g/mol. The van der Waals surface area contributed by atoms with E-state index in [2.05, 4.69) is 0 Å². The summed E-state index contributed by atoms with van der Waals surface area (Å²) in [6, 6.07) is 6.70. The number of carboxylic acids is 1. The van der Waals surface area contributed by atoms with E-state index in [9.17, 15) is 9.59 Å². The molecule has 6 heteroatoms. The molecule has 1 atom stereocenters. The van der Waals surface area contributed by atoms with Crippen molar-refractivity contribution >= 4 is 17.7 Å². The fourth-order valence-electron chi connectivity index (χ4n) is 2.60. The monoisotopic (exact) mass is 291 g/mol. The lowest BCUT2D eigenvalue weighted by Gasteiger charge is -2.24. The van der Waals surface area contributed by atoms with Crippen LogP contribution in [-0.2, 0) is 4.79 Å². The number of nitrogens with zero attached hydrogens (tertiary/aromatic N) is 2. The molecule has 0 aromatic heterocycles. The Bertz CT molecular complexity index is 545. The summed E-state index contributed by atoms with van der Waals surface area (Å²) in [6.45, 7) is 5.21. The number of nitrogens with two attached hydrogens (primary N) is 1. The summed E-state index contributed by atoms with van der Waals surface area (Å²) in [7, 11) is 0. The van der Waals surface area contributed by atoms with Gasteiger partial charge in [-0.2, -0.15) is 0 Å². The van der Waals surface area contributed by atoms with Crippen molar-refractivity contribution < 1.29 is 14.7 Å². The third-order valence-corrected chi connectivity index (χ3v) is 3.69. The van der Waals surface area contributed by atoms with Crippen LogP contribution in [0.2, 0.25) is 0 Å². The van der Waals surface area contributed by atoms with Crippen LogP contribution >= 0.6 is 0 Å². The summed E-state index contributed by atoms with van der Waals surface area (Å²) in [5, 5.41) is 8.90. The molecule has 0 radical (unpaired) electrons. The highest BCUT2D eigenvalue weighted by Crippen LogP contribution is 2.30. The third-order valence-electron chi connectivity index (χ3n) is 3.69. The number of para-hydroxylation sites is 1. The number of carbonyl (C=O) groups excluding carboxylic acids is 1. The van der Waals surface area contributed by atoms with Gasteiger partial charge in [-0.3, -0.25) is 9.69 Å². The molecule has 6 nitrogen and oxygen atoms in total. The van der Waals surface area contributed by atoms with E-state index in [0.29, 0.717) is 24.3 Å². The molecule has 1 aliphatic rings. The number of anilines is 1. The van der Waals surface area contributed by atoms with Gasteiger partial charge in [0, 0.05) is 25.2 Å². The Labute approximate surface area is 124 Å². The highest BCUT2D eigenvalue weighted by Gasteiger charge is 2.32. The van der Waals surface area contributed by atoms with Crippen LogP contribution < -0.4 is 10.6 Å². The Balaban J connectivity index is 2.29. The SMILES string of the molecule is CC(C)N1CCN(c2ccccc2C(N)CC(=O)O)C1=O. The second-order valence-electron chi connectivity index (χ2n) is 5.48. The van der Waals surface area contributed by atoms with Gasteiger partial charge in [-0.05, 0) is 25.5 Å². The molecule has 1 unspecified atom stereocenters. The molecule has 0 bridgehead atoms. The number of carbonyl (C=O) groups is 2. The molecule has 2 amide bonds. The molecule has 114 valence electrons. The van der Waals surface area contributed by atoms with E-state index in [4.69, 9.17) is 10.8 Å². The lowest BCUT2D eigenvalue weighted by Crippen LogP contribution is -2.36. The van der Waals surface area contributed by atoms with Gasteiger partial charge in [-0.15, -0.1) is 0 Å². The molecule has 2 rings (SSSR count). The van der Waals surface area contributed by atoms with Crippen LogP contribution in [0.1, 0.15) is 31.9 Å². The summed E-state index contributed by atoms with van der Waals surface area (Å²) < 4.78 is 0. The minimum atomic E-state index is -0.950. The van der Waals surface area contributed by atoms with Crippen molar-refractivity contribution in [3.05, 3.63) is 29.8 Å². The van der Waals surface area contributed by atoms with E-state index >= 15 is 0 Å². The first-order chi connectivity index (χ1) is 9.91. The van der Waals surface area contributed by atoms with Crippen LogP contribution in [0.25, 0.3) is 0 Å². The van der Waals surface area contributed by atoms with Gasteiger partial charge >= 0.3 is 12.0 Å². The molecule has 0 spiro atoms. The highest BCUT2D eigenvalue weighted by molar-refractivity contribution is 5.95. The number of rotatable bonds is 5. The Hall–Kier alpha value is -2.08. The molecule has 0 saturated carbocycles. The standard InChI is InChI=1S/C15H21N3O3/c1-10(2)17-7-8-18(15(17)21)13-6-4-3-5-11(13)12(16)9-14(19)20/h3-6,10,12H,7-9,16H2,1-2H3,(H,19,20). The normalized spacial score (nSPS) is 16.7. The molecule has 1 saturated heterocycles. The quantitative estimate of drug-likeness (QED) is 0.866. The van der Waals surface area contributed by atoms with Crippen molar-refractivity contribution in [2.24, 2.45) is 5.73 Å². The smallest absolute Gasteiger partial charge is 0.324 e. The lowest BCUT2D eigenvalue weighted by atomic mass is 10.0. The third kappa shape index (κ3) is 3.16. The van der Waals surface area contributed by atoms with Crippen LogP contribution in [0.15, 0.2) is 24.3 Å². The molecule has 0 aliphatic carbocycles. The second kappa shape index (κ2) is 6.13. The maximum atomic E-state index is 12.4. The van der Waals surface area contributed by atoms with Gasteiger partial charge in [0.05, 0.1) is 12.1 Å². The van der Waals surface area contributed by atoms with Crippen molar-refractivity contribution in [3.8, 4) is 0 Å². The molecule has 1 heterocycles. The van der Waals surface area contributed by atoms with Crippen LogP contribution in [0.5, 0.6) is 0 Å². The summed E-state index contributed by atoms with van der Waals surface area (Å²) in [5.74, 6) is -0.950. The Morgan fingerprint density at radius 1 is 1.33 bits per heavy atom. The molecule has 1 fully saturated rings. The first-order valence-corrected chi connectivity index (χ1v) is 7.06. The van der Waals surface area contributed by atoms with Crippen molar-refractivity contribution in [1.29, 1.82) is 0 Å². The molecule has 1 aromatic carbocycles. The average Bonchev–Trinajstić information content (AvgIpc) is 2.79. The summed E-state index contributed by atoms with van der Waals surface area (Å²) in [5.41, 5.74) is 7.37. The minimum Gasteiger partial charge on any atom is -0.481 e. The van der Waals surface area contributed by atoms with Gasteiger partial charge in [-0.1, -0.05) is 18.2 Å². The second-order valence-corrected chi connectivity index (χ2v) is 5.48. The van der Waals surface area contributed by atoms with Crippen molar-refractivity contribution in [2.45, 2.75) is 32.4 Å². The van der Waals surface area contributed by atoms with Gasteiger partial charge in [0.25, 0.3) is 0 Å². The van der Waals surface area contributed by atoms with E-state index in [1.165, 1.54) is 0 Å². The maximum Gasteiger partial charge on any atom is 0.324 e. The van der Waals surface area contributed by atoms with E-state index in [0.717, 1.165) is 0 Å². The maximum absolute atomic E-state index is 12.4. The first-order valence-electron chi connectivity index (χ1n) is 7.06. The van der Waals surface area contributed by atoms with Gasteiger partial charge in [-0.25, -0.2) is 4.79 Å². The summed E-state index contributed by atoms with van der Waals surface area (Å²) in [4.78, 5) is 26.8. The topological polar surface area (TPSA) is 86.9 Å². The van der Waals surface area contributed by atoms with Gasteiger partial charge < -0.3 is 15.7 Å². The molecule has 1 aliphatic heterocycles.